The molecule has 2 rings (SSSR count). The van der Waals surface area contributed by atoms with E-state index in [1.807, 2.05) is 36.3 Å². The van der Waals surface area contributed by atoms with Gasteiger partial charge in [-0.15, -0.1) is 0 Å². The van der Waals surface area contributed by atoms with Crippen LogP contribution in [0.3, 0.4) is 0 Å². The lowest BCUT2D eigenvalue weighted by Gasteiger charge is -2.05. The average molecular weight is 276 g/mol. The number of thioether (sulfide) groups is 1. The summed E-state index contributed by atoms with van der Waals surface area (Å²) in [6.45, 7) is 1.90. The van der Waals surface area contributed by atoms with Crippen molar-refractivity contribution < 1.29 is 0 Å². The summed E-state index contributed by atoms with van der Waals surface area (Å²) in [6, 6.07) is 3.98. The average Bonchev–Trinajstić information content (AvgIpc) is 2.92. The van der Waals surface area contributed by atoms with Crippen molar-refractivity contribution in [2.45, 2.75) is 19.4 Å². The van der Waals surface area contributed by atoms with Gasteiger partial charge in [-0.1, -0.05) is 0 Å². The van der Waals surface area contributed by atoms with Gasteiger partial charge in [0.15, 0.2) is 0 Å². The third kappa shape index (κ3) is 4.36. The smallest absolute Gasteiger partial charge is 0.0710 e. The van der Waals surface area contributed by atoms with Crippen molar-refractivity contribution in [1.82, 2.24) is 20.5 Å². The molecule has 2 aromatic heterocycles. The molecule has 4 nitrogen and oxygen atoms in total. The maximum Gasteiger partial charge on any atom is 0.0710 e. The van der Waals surface area contributed by atoms with Gasteiger partial charge in [0.25, 0.3) is 0 Å². The number of rotatable bonds is 8. The lowest BCUT2D eigenvalue weighted by atomic mass is 10.1. The molecule has 0 aliphatic carbocycles. The van der Waals surface area contributed by atoms with E-state index in [1.54, 1.807) is 6.20 Å². The van der Waals surface area contributed by atoms with E-state index in [0.29, 0.717) is 0 Å². The Bertz CT molecular complexity index is 469. The van der Waals surface area contributed by atoms with Crippen molar-refractivity contribution in [3.05, 3.63) is 36.3 Å². The van der Waals surface area contributed by atoms with Gasteiger partial charge < -0.3 is 5.32 Å². The van der Waals surface area contributed by atoms with Crippen molar-refractivity contribution in [3.8, 4) is 11.3 Å². The summed E-state index contributed by atoms with van der Waals surface area (Å²) in [5, 5.41) is 10.6. The highest BCUT2D eigenvalue weighted by Gasteiger charge is 2.06. The predicted molar refractivity (Wildman–Crippen MR) is 81.1 cm³/mol. The molecule has 0 amide bonds. The van der Waals surface area contributed by atoms with Gasteiger partial charge in [-0.05, 0) is 43.5 Å². The molecular weight excluding hydrogens is 256 g/mol. The van der Waals surface area contributed by atoms with Crippen LogP contribution in [0.4, 0.5) is 0 Å². The molecule has 2 N–H and O–H groups in total. The molecule has 19 heavy (non-hydrogen) atoms. The van der Waals surface area contributed by atoms with Crippen LogP contribution >= 0.6 is 11.8 Å². The molecule has 0 atom stereocenters. The van der Waals surface area contributed by atoms with E-state index in [1.165, 1.54) is 24.2 Å². The molecule has 0 saturated heterocycles. The van der Waals surface area contributed by atoms with Crippen LogP contribution in [0.5, 0.6) is 0 Å². The summed E-state index contributed by atoms with van der Waals surface area (Å²) in [5.41, 5.74) is 3.33. The molecule has 0 radical (unpaired) electrons. The zero-order chi connectivity index (χ0) is 13.3. The highest BCUT2D eigenvalue weighted by atomic mass is 32.2. The van der Waals surface area contributed by atoms with E-state index < -0.39 is 0 Å². The molecule has 0 bridgehead atoms. The van der Waals surface area contributed by atoms with Crippen LogP contribution in [0.15, 0.2) is 30.7 Å². The fourth-order valence-electron chi connectivity index (χ4n) is 1.93. The Labute approximate surface area is 118 Å². The maximum atomic E-state index is 4.14. The molecule has 0 aromatic carbocycles. The quantitative estimate of drug-likeness (QED) is 0.728. The highest BCUT2D eigenvalue weighted by molar-refractivity contribution is 7.98. The summed E-state index contributed by atoms with van der Waals surface area (Å²) in [5.74, 6) is 1.24. The van der Waals surface area contributed by atoms with E-state index in [4.69, 9.17) is 0 Å². The van der Waals surface area contributed by atoms with Crippen molar-refractivity contribution in [2.24, 2.45) is 0 Å². The van der Waals surface area contributed by atoms with Crippen LogP contribution < -0.4 is 5.32 Å². The van der Waals surface area contributed by atoms with Crippen LogP contribution in [0.2, 0.25) is 0 Å². The van der Waals surface area contributed by atoms with Gasteiger partial charge in [-0.3, -0.25) is 10.1 Å². The van der Waals surface area contributed by atoms with E-state index in [2.05, 4.69) is 26.8 Å². The normalized spacial score (nSPS) is 10.8. The second-order valence-electron chi connectivity index (χ2n) is 4.39. The van der Waals surface area contributed by atoms with Gasteiger partial charge in [-0.25, -0.2) is 0 Å². The Hall–Kier alpha value is -1.33. The molecule has 102 valence electrons. The molecule has 0 spiro atoms. The highest BCUT2D eigenvalue weighted by Crippen LogP contribution is 2.19. The first-order valence-corrected chi connectivity index (χ1v) is 7.93. The minimum atomic E-state index is 0.847. The lowest BCUT2D eigenvalue weighted by Crippen LogP contribution is -2.15. The van der Waals surface area contributed by atoms with Gasteiger partial charge in [0.05, 0.1) is 11.9 Å². The second-order valence-corrected chi connectivity index (χ2v) is 5.37. The minimum absolute atomic E-state index is 0.847. The number of hydrogen-bond donors (Lipinski definition) is 2. The summed E-state index contributed by atoms with van der Waals surface area (Å²) >= 11 is 1.91. The van der Waals surface area contributed by atoms with Crippen molar-refractivity contribution in [1.29, 1.82) is 0 Å². The molecule has 5 heteroatoms. The molecule has 2 heterocycles. The SMILES string of the molecule is CSCCCCNCc1cn[nH]c1-c1cccnc1. The molecule has 0 fully saturated rings. The number of H-pyrrole nitrogens is 1. The number of aromatic amines is 1. The van der Waals surface area contributed by atoms with Gasteiger partial charge in [0, 0.05) is 30.1 Å². The summed E-state index contributed by atoms with van der Waals surface area (Å²) in [7, 11) is 0. The number of nitrogens with one attached hydrogen (secondary N) is 2. The third-order valence-electron chi connectivity index (χ3n) is 2.94. The van der Waals surface area contributed by atoms with E-state index in [0.717, 1.165) is 24.3 Å². The fourth-order valence-corrected chi connectivity index (χ4v) is 2.42. The van der Waals surface area contributed by atoms with Crippen molar-refractivity contribution in [2.75, 3.05) is 18.6 Å². The summed E-state index contributed by atoms with van der Waals surface area (Å²) < 4.78 is 0. The van der Waals surface area contributed by atoms with E-state index in [-0.39, 0.29) is 0 Å². The Morgan fingerprint density at radius 2 is 2.26 bits per heavy atom. The first-order chi connectivity index (χ1) is 9.42. The number of pyridine rings is 1. The Kier molecular flexibility index (Phi) is 5.91. The van der Waals surface area contributed by atoms with Crippen LogP contribution in [0, 0.1) is 0 Å². The molecule has 0 aliphatic rings. The number of aromatic nitrogens is 3. The standard InChI is InChI=1S/C14H20N4S/c1-19-8-3-2-6-15-10-13-11-17-18-14(13)12-5-4-7-16-9-12/h4-5,7,9,11,15H,2-3,6,8,10H2,1H3,(H,17,18). The molecule has 2 aromatic rings. The van der Waals surface area contributed by atoms with Gasteiger partial charge in [-0.2, -0.15) is 16.9 Å². The van der Waals surface area contributed by atoms with Gasteiger partial charge in [0.1, 0.15) is 0 Å². The maximum absolute atomic E-state index is 4.14. The lowest BCUT2D eigenvalue weighted by molar-refractivity contribution is 0.644. The van der Waals surface area contributed by atoms with E-state index >= 15 is 0 Å². The summed E-state index contributed by atoms with van der Waals surface area (Å²) in [4.78, 5) is 4.14. The molecule has 0 unspecified atom stereocenters. The monoisotopic (exact) mass is 276 g/mol. The van der Waals surface area contributed by atoms with Crippen LogP contribution in [0.25, 0.3) is 11.3 Å². The predicted octanol–water partition coefficient (Wildman–Crippen LogP) is 2.70. The number of unbranched alkanes of at least 4 members (excludes halogenated alkanes) is 1. The summed E-state index contributed by atoms with van der Waals surface area (Å²) in [6.07, 6.45) is 10.2. The second kappa shape index (κ2) is 7.96. The zero-order valence-electron chi connectivity index (χ0n) is 11.2. The van der Waals surface area contributed by atoms with Crippen molar-refractivity contribution in [3.63, 3.8) is 0 Å². The topological polar surface area (TPSA) is 53.6 Å². The Balaban J connectivity index is 1.83. The number of hydrogen-bond acceptors (Lipinski definition) is 4. The Morgan fingerprint density at radius 1 is 1.32 bits per heavy atom. The van der Waals surface area contributed by atoms with Crippen LogP contribution in [-0.4, -0.2) is 33.7 Å². The minimum Gasteiger partial charge on any atom is -0.313 e. The van der Waals surface area contributed by atoms with Gasteiger partial charge >= 0.3 is 0 Å². The fraction of sp³-hybridized carbons (Fsp3) is 0.429. The Morgan fingerprint density at radius 3 is 3.05 bits per heavy atom. The molecular formula is C14H20N4S. The van der Waals surface area contributed by atoms with Crippen molar-refractivity contribution >= 4 is 11.8 Å². The van der Waals surface area contributed by atoms with Gasteiger partial charge in [0.2, 0.25) is 0 Å². The zero-order valence-corrected chi connectivity index (χ0v) is 12.0. The number of nitrogens with zero attached hydrogens (tertiary/aromatic N) is 2. The van der Waals surface area contributed by atoms with E-state index in [9.17, 15) is 0 Å². The van der Waals surface area contributed by atoms with Crippen LogP contribution in [-0.2, 0) is 6.54 Å². The molecule has 0 aliphatic heterocycles. The largest absolute Gasteiger partial charge is 0.313 e. The molecule has 0 saturated carbocycles. The third-order valence-corrected chi connectivity index (χ3v) is 3.63. The first-order valence-electron chi connectivity index (χ1n) is 6.54. The van der Waals surface area contributed by atoms with Crippen LogP contribution in [0.1, 0.15) is 18.4 Å². The first kappa shape index (κ1) is 14.1.